The van der Waals surface area contributed by atoms with E-state index >= 15 is 0 Å². The standard InChI is InChI=1S/C13H30O2Si/c1-5-7-8-9-10-11-12-16-13(6-2,14-3)15-4/h5-12,16H2,1-4H3. The van der Waals surface area contributed by atoms with Crippen molar-refractivity contribution < 1.29 is 9.47 Å². The quantitative estimate of drug-likeness (QED) is 0.316. The van der Waals surface area contributed by atoms with E-state index in [2.05, 4.69) is 13.8 Å². The fourth-order valence-corrected chi connectivity index (χ4v) is 4.01. The molecule has 0 atom stereocenters. The number of unbranched alkanes of at least 4 members (excludes halogenated alkanes) is 5. The van der Waals surface area contributed by atoms with Gasteiger partial charge in [0.1, 0.15) is 5.41 Å². The van der Waals surface area contributed by atoms with Crippen molar-refractivity contribution in [3.63, 3.8) is 0 Å². The predicted octanol–water partition coefficient (Wildman–Crippen LogP) is 3.29. The molecule has 0 aromatic carbocycles. The minimum atomic E-state index is -0.266. The van der Waals surface area contributed by atoms with Gasteiger partial charge in [0.2, 0.25) is 0 Å². The first-order valence-electron chi connectivity index (χ1n) is 6.85. The molecule has 0 radical (unpaired) electrons. The van der Waals surface area contributed by atoms with E-state index in [1.54, 1.807) is 14.2 Å². The second-order valence-electron chi connectivity index (χ2n) is 4.54. The molecule has 0 saturated carbocycles. The average Bonchev–Trinajstić information content (AvgIpc) is 2.34. The molecule has 2 nitrogen and oxygen atoms in total. The Labute approximate surface area is 104 Å². The lowest BCUT2D eigenvalue weighted by Crippen LogP contribution is -2.39. The van der Waals surface area contributed by atoms with Crippen LogP contribution in [0.2, 0.25) is 6.04 Å². The molecule has 0 aromatic rings. The Hall–Kier alpha value is 0.137. The predicted molar refractivity (Wildman–Crippen MR) is 73.8 cm³/mol. The third kappa shape index (κ3) is 6.66. The van der Waals surface area contributed by atoms with Crippen LogP contribution in [-0.4, -0.2) is 29.1 Å². The molecule has 0 spiro atoms. The van der Waals surface area contributed by atoms with E-state index in [1.165, 1.54) is 44.6 Å². The van der Waals surface area contributed by atoms with Crippen molar-refractivity contribution in [2.24, 2.45) is 0 Å². The monoisotopic (exact) mass is 246 g/mol. The fraction of sp³-hybridized carbons (Fsp3) is 1.00. The topological polar surface area (TPSA) is 18.5 Å². The van der Waals surface area contributed by atoms with Crippen LogP contribution in [0.1, 0.15) is 58.8 Å². The van der Waals surface area contributed by atoms with Gasteiger partial charge in [-0.2, -0.15) is 0 Å². The van der Waals surface area contributed by atoms with Gasteiger partial charge in [-0.05, 0) is 6.42 Å². The molecule has 16 heavy (non-hydrogen) atoms. The number of hydrogen-bond acceptors (Lipinski definition) is 2. The molecule has 3 heteroatoms. The second kappa shape index (κ2) is 10.3. The minimum absolute atomic E-state index is 0.191. The zero-order valence-corrected chi connectivity index (χ0v) is 13.1. The van der Waals surface area contributed by atoms with Gasteiger partial charge in [0.05, 0.1) is 9.52 Å². The van der Waals surface area contributed by atoms with Crippen LogP contribution in [0.15, 0.2) is 0 Å². The van der Waals surface area contributed by atoms with Gasteiger partial charge in [-0.3, -0.25) is 0 Å². The Morgan fingerprint density at radius 2 is 1.44 bits per heavy atom. The van der Waals surface area contributed by atoms with Gasteiger partial charge in [0.25, 0.3) is 0 Å². The summed E-state index contributed by atoms with van der Waals surface area (Å²) in [5.41, 5.74) is -0.191. The van der Waals surface area contributed by atoms with Gasteiger partial charge < -0.3 is 9.47 Å². The van der Waals surface area contributed by atoms with Gasteiger partial charge in [0, 0.05) is 14.2 Å². The summed E-state index contributed by atoms with van der Waals surface area (Å²) in [6.45, 7) is 4.42. The summed E-state index contributed by atoms with van der Waals surface area (Å²) in [4.78, 5) is 0. The molecule has 0 heterocycles. The van der Waals surface area contributed by atoms with Crippen LogP contribution in [0.3, 0.4) is 0 Å². The van der Waals surface area contributed by atoms with Crippen LogP contribution < -0.4 is 0 Å². The number of hydrogen-bond donors (Lipinski definition) is 0. The molecule has 0 N–H and O–H groups in total. The summed E-state index contributed by atoms with van der Waals surface area (Å²) in [7, 11) is 3.29. The minimum Gasteiger partial charge on any atom is -0.358 e. The third-order valence-corrected chi connectivity index (χ3v) is 6.14. The zero-order valence-electron chi connectivity index (χ0n) is 11.7. The van der Waals surface area contributed by atoms with Crippen molar-refractivity contribution in [2.75, 3.05) is 14.2 Å². The van der Waals surface area contributed by atoms with Crippen LogP contribution in [0.25, 0.3) is 0 Å². The van der Waals surface area contributed by atoms with Crippen molar-refractivity contribution in [2.45, 2.75) is 70.2 Å². The summed E-state index contributed by atoms with van der Waals surface area (Å²) < 4.78 is 11.0. The summed E-state index contributed by atoms with van der Waals surface area (Å²) in [6, 6.07) is 1.35. The Morgan fingerprint density at radius 1 is 0.875 bits per heavy atom. The number of methoxy groups -OCH3 is 2. The van der Waals surface area contributed by atoms with Crippen LogP contribution in [0.5, 0.6) is 0 Å². The van der Waals surface area contributed by atoms with Crippen molar-refractivity contribution in [3.8, 4) is 0 Å². The fourth-order valence-electron chi connectivity index (χ4n) is 2.10. The van der Waals surface area contributed by atoms with E-state index < -0.39 is 0 Å². The highest BCUT2D eigenvalue weighted by atomic mass is 28.2. The van der Waals surface area contributed by atoms with E-state index in [4.69, 9.17) is 9.47 Å². The molecule has 0 aliphatic rings. The summed E-state index contributed by atoms with van der Waals surface area (Å²) in [6.07, 6.45) is 9.28. The third-order valence-electron chi connectivity index (χ3n) is 3.44. The molecule has 0 bridgehead atoms. The normalized spacial score (nSPS) is 12.8. The average molecular weight is 246 g/mol. The Bertz CT molecular complexity index is 139. The Kier molecular flexibility index (Phi) is 10.4. The van der Waals surface area contributed by atoms with E-state index in [9.17, 15) is 0 Å². The van der Waals surface area contributed by atoms with E-state index in [1.807, 2.05) is 0 Å². The molecule has 0 aromatic heterocycles. The Balaban J connectivity index is 3.48. The first-order valence-corrected chi connectivity index (χ1v) is 8.55. The van der Waals surface area contributed by atoms with Crippen LogP contribution in [0, 0.1) is 0 Å². The molecule has 0 aliphatic carbocycles. The maximum Gasteiger partial charge on any atom is 0.143 e. The SMILES string of the molecule is CCCCCCCC[SiH2]C(CC)(OC)OC. The largest absolute Gasteiger partial charge is 0.358 e. The highest BCUT2D eigenvalue weighted by Gasteiger charge is 2.26. The van der Waals surface area contributed by atoms with Crippen LogP contribution in [0.4, 0.5) is 0 Å². The maximum atomic E-state index is 5.52. The molecule has 0 saturated heterocycles. The smallest absolute Gasteiger partial charge is 0.143 e. The summed E-state index contributed by atoms with van der Waals surface area (Å²) >= 11 is 0. The molecular formula is C13H30O2Si. The first kappa shape index (κ1) is 16.1. The van der Waals surface area contributed by atoms with Crippen LogP contribution >= 0.6 is 0 Å². The van der Waals surface area contributed by atoms with Crippen molar-refractivity contribution in [1.29, 1.82) is 0 Å². The lowest BCUT2D eigenvalue weighted by atomic mass is 10.1. The maximum absolute atomic E-state index is 5.52. The molecule has 98 valence electrons. The van der Waals surface area contributed by atoms with E-state index in [-0.39, 0.29) is 14.9 Å². The lowest BCUT2D eigenvalue weighted by molar-refractivity contribution is -0.146. The molecule has 0 rings (SSSR count). The summed E-state index contributed by atoms with van der Waals surface area (Å²) in [5.74, 6) is 0. The molecule has 0 aliphatic heterocycles. The second-order valence-corrected chi connectivity index (χ2v) is 6.83. The molecule has 0 fully saturated rings. The lowest BCUT2D eigenvalue weighted by Gasteiger charge is -2.29. The number of rotatable bonds is 11. The van der Waals surface area contributed by atoms with Gasteiger partial charge in [-0.15, -0.1) is 0 Å². The highest BCUT2D eigenvalue weighted by molar-refractivity contribution is 6.38. The molecule has 0 amide bonds. The van der Waals surface area contributed by atoms with E-state index in [0.29, 0.717) is 0 Å². The Morgan fingerprint density at radius 3 is 1.94 bits per heavy atom. The highest BCUT2D eigenvalue weighted by Crippen LogP contribution is 2.17. The first-order chi connectivity index (χ1) is 7.74. The van der Waals surface area contributed by atoms with Gasteiger partial charge in [-0.1, -0.05) is 58.4 Å². The van der Waals surface area contributed by atoms with Crippen molar-refractivity contribution >= 4 is 9.52 Å². The zero-order chi connectivity index (χ0) is 12.3. The van der Waals surface area contributed by atoms with Gasteiger partial charge in [-0.25, -0.2) is 0 Å². The van der Waals surface area contributed by atoms with Crippen LogP contribution in [-0.2, 0) is 9.47 Å². The van der Waals surface area contributed by atoms with Crippen molar-refractivity contribution in [3.05, 3.63) is 0 Å². The number of ether oxygens (including phenoxy) is 2. The van der Waals surface area contributed by atoms with E-state index in [0.717, 1.165) is 6.42 Å². The van der Waals surface area contributed by atoms with Gasteiger partial charge >= 0.3 is 0 Å². The summed E-state index contributed by atoms with van der Waals surface area (Å²) in [5, 5.41) is 0. The molecule has 0 unspecified atom stereocenters. The van der Waals surface area contributed by atoms with Crippen molar-refractivity contribution in [1.82, 2.24) is 0 Å². The van der Waals surface area contributed by atoms with Gasteiger partial charge in [0.15, 0.2) is 0 Å². The molecular weight excluding hydrogens is 216 g/mol.